The Hall–Kier alpha value is -2.57. The molecule has 0 fully saturated rings. The quantitative estimate of drug-likeness (QED) is 0.503. The fourth-order valence-corrected chi connectivity index (χ4v) is 3.51. The van der Waals surface area contributed by atoms with Gasteiger partial charge < -0.3 is 19.5 Å². The van der Waals surface area contributed by atoms with Crippen LogP contribution in [0.25, 0.3) is 0 Å². The molecule has 0 saturated heterocycles. The van der Waals surface area contributed by atoms with Gasteiger partial charge in [0.1, 0.15) is 5.75 Å². The summed E-state index contributed by atoms with van der Waals surface area (Å²) < 4.78 is 7.29. The minimum absolute atomic E-state index is 0.547. The van der Waals surface area contributed by atoms with Crippen molar-refractivity contribution in [2.45, 2.75) is 26.4 Å². The summed E-state index contributed by atoms with van der Waals surface area (Å²) in [5.41, 5.74) is 3.30. The molecule has 0 amide bonds. The maximum atomic E-state index is 6.25. The highest BCUT2D eigenvalue weighted by atomic mass is 35.5. The van der Waals surface area contributed by atoms with E-state index in [1.165, 1.54) is 11.1 Å². The van der Waals surface area contributed by atoms with E-state index in [-0.39, 0.29) is 0 Å². The third kappa shape index (κ3) is 6.21. The molecule has 0 unspecified atom stereocenters. The van der Waals surface area contributed by atoms with Gasteiger partial charge in [0, 0.05) is 37.7 Å². The number of imidazole rings is 1. The number of ether oxygens (including phenoxy) is 1. The normalized spacial score (nSPS) is 10.6. The lowest BCUT2D eigenvalue weighted by molar-refractivity contribution is 0.396. The number of benzene rings is 2. The predicted octanol–water partition coefficient (Wildman–Crippen LogP) is 5.14. The van der Waals surface area contributed by atoms with Crippen molar-refractivity contribution in [2.75, 3.05) is 19.0 Å². The van der Waals surface area contributed by atoms with Crippen LogP contribution in [-0.4, -0.2) is 33.2 Å². The smallest absolute Gasteiger partial charge is 0.173 e. The molecule has 0 atom stereocenters. The Morgan fingerprint density at radius 1 is 1.24 bits per heavy atom. The van der Waals surface area contributed by atoms with Crippen LogP contribution in [-0.2, 0) is 13.1 Å². The number of nitrogens with zero attached hydrogens (tertiary/aromatic N) is 3. The topological polar surface area (TPSA) is 42.3 Å². The van der Waals surface area contributed by atoms with Crippen molar-refractivity contribution >= 4 is 34.6 Å². The molecule has 5 nitrogen and oxygen atoms in total. The third-order valence-electron chi connectivity index (χ3n) is 4.59. The van der Waals surface area contributed by atoms with Gasteiger partial charge in [0.15, 0.2) is 5.11 Å². The molecule has 1 N–H and O–H groups in total. The number of anilines is 1. The van der Waals surface area contributed by atoms with Gasteiger partial charge in [-0.1, -0.05) is 41.4 Å². The first-order chi connectivity index (χ1) is 14.0. The summed E-state index contributed by atoms with van der Waals surface area (Å²) in [6.07, 6.45) is 6.55. The lowest BCUT2D eigenvalue weighted by Crippen LogP contribution is -2.35. The van der Waals surface area contributed by atoms with E-state index < -0.39 is 0 Å². The van der Waals surface area contributed by atoms with Crippen LogP contribution in [0.15, 0.2) is 61.2 Å². The Morgan fingerprint density at radius 2 is 2.03 bits per heavy atom. The maximum Gasteiger partial charge on any atom is 0.173 e. The second-order valence-corrected chi connectivity index (χ2v) is 7.63. The summed E-state index contributed by atoms with van der Waals surface area (Å²) in [7, 11) is 1.60. The van der Waals surface area contributed by atoms with Crippen molar-refractivity contribution in [3.8, 4) is 5.75 Å². The molecule has 1 heterocycles. The van der Waals surface area contributed by atoms with E-state index in [1.807, 2.05) is 30.7 Å². The van der Waals surface area contributed by atoms with Crippen LogP contribution < -0.4 is 10.1 Å². The highest BCUT2D eigenvalue weighted by Gasteiger charge is 2.12. The first-order valence-corrected chi connectivity index (χ1v) is 10.2. The maximum absolute atomic E-state index is 6.25. The van der Waals surface area contributed by atoms with Crippen molar-refractivity contribution in [1.29, 1.82) is 0 Å². The van der Waals surface area contributed by atoms with Crippen LogP contribution in [0.1, 0.15) is 17.5 Å². The van der Waals surface area contributed by atoms with Crippen molar-refractivity contribution in [3.63, 3.8) is 0 Å². The SMILES string of the molecule is COc1ccc(NC(=S)N(CCCn2ccnc2)Cc2ccc(C)cc2)cc1Cl. The number of aromatic nitrogens is 2. The summed E-state index contributed by atoms with van der Waals surface area (Å²) in [5.74, 6) is 0.639. The first-order valence-electron chi connectivity index (χ1n) is 9.46. The summed E-state index contributed by atoms with van der Waals surface area (Å²) in [5, 5.41) is 4.52. The van der Waals surface area contributed by atoms with Crippen LogP contribution in [0.2, 0.25) is 5.02 Å². The summed E-state index contributed by atoms with van der Waals surface area (Å²) in [4.78, 5) is 6.27. The lowest BCUT2D eigenvalue weighted by atomic mass is 10.1. The third-order valence-corrected chi connectivity index (χ3v) is 5.24. The minimum atomic E-state index is 0.547. The molecule has 0 radical (unpaired) electrons. The standard InChI is InChI=1S/C22H25ClN4OS/c1-17-4-6-18(7-5-17)15-27(12-3-11-26-13-10-24-16-26)22(29)25-19-8-9-21(28-2)20(23)14-19/h4-10,13-14,16H,3,11-12,15H2,1-2H3,(H,25,29). The number of thiocarbonyl (C=S) groups is 1. The largest absolute Gasteiger partial charge is 0.495 e. The van der Waals surface area contributed by atoms with Crippen LogP contribution in [0.4, 0.5) is 5.69 Å². The fourth-order valence-electron chi connectivity index (χ4n) is 2.98. The molecule has 7 heteroatoms. The van der Waals surface area contributed by atoms with Gasteiger partial charge >= 0.3 is 0 Å². The van der Waals surface area contributed by atoms with Gasteiger partial charge in [-0.05, 0) is 49.3 Å². The molecule has 0 aliphatic carbocycles. The molecule has 0 bridgehead atoms. The molecule has 1 aromatic heterocycles. The average Bonchev–Trinajstić information content (AvgIpc) is 3.22. The molecule has 0 aliphatic rings. The average molecular weight is 429 g/mol. The molecule has 3 aromatic rings. The zero-order chi connectivity index (χ0) is 20.6. The van der Waals surface area contributed by atoms with Gasteiger partial charge in [0.05, 0.1) is 18.5 Å². The van der Waals surface area contributed by atoms with E-state index in [0.717, 1.165) is 31.7 Å². The zero-order valence-corrected chi connectivity index (χ0v) is 18.2. The Morgan fingerprint density at radius 3 is 2.69 bits per heavy atom. The number of halogens is 1. The predicted molar refractivity (Wildman–Crippen MR) is 123 cm³/mol. The number of rotatable bonds is 8. The number of hydrogen-bond donors (Lipinski definition) is 1. The van der Waals surface area contributed by atoms with Gasteiger partial charge in [0.2, 0.25) is 0 Å². The second kappa shape index (κ2) is 10.3. The summed E-state index contributed by atoms with van der Waals surface area (Å²) in [6, 6.07) is 14.1. The van der Waals surface area contributed by atoms with Gasteiger partial charge in [-0.15, -0.1) is 0 Å². The molecule has 0 aliphatic heterocycles. The first kappa shape index (κ1) is 21.1. The molecule has 0 spiro atoms. The van der Waals surface area contributed by atoms with Crippen LogP contribution in [0.5, 0.6) is 5.75 Å². The Labute approximate surface area is 182 Å². The highest BCUT2D eigenvalue weighted by Crippen LogP contribution is 2.27. The van der Waals surface area contributed by atoms with Crippen molar-refractivity contribution in [1.82, 2.24) is 14.5 Å². The van der Waals surface area contributed by atoms with Crippen molar-refractivity contribution < 1.29 is 4.74 Å². The van der Waals surface area contributed by atoms with E-state index in [1.54, 1.807) is 13.3 Å². The zero-order valence-electron chi connectivity index (χ0n) is 16.6. The summed E-state index contributed by atoms with van der Waals surface area (Å²) in [6.45, 7) is 4.54. The molecular formula is C22H25ClN4OS. The van der Waals surface area contributed by atoms with Crippen LogP contribution >= 0.6 is 23.8 Å². The number of hydrogen-bond acceptors (Lipinski definition) is 3. The Kier molecular flexibility index (Phi) is 7.49. The fraction of sp³-hybridized carbons (Fsp3) is 0.273. The van der Waals surface area contributed by atoms with E-state index in [2.05, 4.69) is 51.0 Å². The highest BCUT2D eigenvalue weighted by molar-refractivity contribution is 7.80. The number of nitrogens with one attached hydrogen (secondary N) is 1. The van der Waals surface area contributed by atoms with Crippen molar-refractivity contribution in [2.24, 2.45) is 0 Å². The number of methoxy groups -OCH3 is 1. The molecule has 29 heavy (non-hydrogen) atoms. The van der Waals surface area contributed by atoms with Crippen LogP contribution in [0, 0.1) is 6.92 Å². The van der Waals surface area contributed by atoms with Gasteiger partial charge in [0.25, 0.3) is 0 Å². The summed E-state index contributed by atoms with van der Waals surface area (Å²) >= 11 is 12.0. The van der Waals surface area contributed by atoms with E-state index in [9.17, 15) is 0 Å². The van der Waals surface area contributed by atoms with Gasteiger partial charge in [-0.25, -0.2) is 4.98 Å². The van der Waals surface area contributed by atoms with E-state index >= 15 is 0 Å². The number of aryl methyl sites for hydroxylation is 2. The van der Waals surface area contributed by atoms with Crippen molar-refractivity contribution in [3.05, 3.63) is 77.3 Å². The molecule has 0 saturated carbocycles. The Bertz CT molecular complexity index is 928. The van der Waals surface area contributed by atoms with Crippen LogP contribution in [0.3, 0.4) is 0 Å². The van der Waals surface area contributed by atoms with Gasteiger partial charge in [-0.3, -0.25) is 0 Å². The monoisotopic (exact) mass is 428 g/mol. The molecular weight excluding hydrogens is 404 g/mol. The molecule has 2 aromatic carbocycles. The van der Waals surface area contributed by atoms with Gasteiger partial charge in [-0.2, -0.15) is 0 Å². The van der Waals surface area contributed by atoms with E-state index in [0.29, 0.717) is 15.9 Å². The minimum Gasteiger partial charge on any atom is -0.495 e. The lowest BCUT2D eigenvalue weighted by Gasteiger charge is -2.26. The van der Waals surface area contributed by atoms with E-state index in [4.69, 9.17) is 28.6 Å². The molecule has 3 rings (SSSR count). The Balaban J connectivity index is 1.68. The molecule has 152 valence electrons. The second-order valence-electron chi connectivity index (χ2n) is 6.84.